The van der Waals surface area contributed by atoms with E-state index in [1.54, 1.807) is 18.5 Å². The summed E-state index contributed by atoms with van der Waals surface area (Å²) in [6.45, 7) is 4.90. The highest BCUT2D eigenvalue weighted by atomic mass is 16.2. The number of benzene rings is 1. The van der Waals surface area contributed by atoms with Crippen molar-refractivity contribution in [1.82, 2.24) is 19.7 Å². The van der Waals surface area contributed by atoms with E-state index in [2.05, 4.69) is 22.3 Å². The molecule has 5 rings (SSSR count). The summed E-state index contributed by atoms with van der Waals surface area (Å²) >= 11 is 0. The van der Waals surface area contributed by atoms with Gasteiger partial charge in [0.1, 0.15) is 5.69 Å². The van der Waals surface area contributed by atoms with Crippen LogP contribution in [0.25, 0.3) is 22.4 Å². The number of carbonyl (C=O) groups is 1. The molecule has 2 aromatic heterocycles. The minimum atomic E-state index is -0.0296. The van der Waals surface area contributed by atoms with Crippen LogP contribution in [-0.4, -0.2) is 31.6 Å². The summed E-state index contributed by atoms with van der Waals surface area (Å²) in [5.74, 6) is 0.481. The molecular formula is C25H23N5O. The van der Waals surface area contributed by atoms with E-state index in [1.807, 2.05) is 35.2 Å². The molecule has 0 saturated heterocycles. The number of hydrogen-bond donors (Lipinski definition) is 0. The average molecular weight is 409 g/mol. The second-order valence-electron chi connectivity index (χ2n) is 8.21. The van der Waals surface area contributed by atoms with Gasteiger partial charge in [-0.3, -0.25) is 14.5 Å². The Bertz CT molecular complexity index is 1190. The third kappa shape index (κ3) is 3.32. The Labute approximate surface area is 181 Å². The van der Waals surface area contributed by atoms with Crippen LogP contribution in [0.1, 0.15) is 30.5 Å². The van der Waals surface area contributed by atoms with Crippen molar-refractivity contribution < 1.29 is 4.79 Å². The number of nitrogens with zero attached hydrogens (tertiary/aromatic N) is 5. The van der Waals surface area contributed by atoms with E-state index < -0.39 is 0 Å². The van der Waals surface area contributed by atoms with Gasteiger partial charge in [0.15, 0.2) is 0 Å². The molecule has 2 aliphatic rings. The maximum atomic E-state index is 12.8. The Kier molecular flexibility index (Phi) is 4.87. The molecule has 1 aliphatic heterocycles. The zero-order valence-corrected chi connectivity index (χ0v) is 17.2. The fourth-order valence-electron chi connectivity index (χ4n) is 4.71. The summed E-state index contributed by atoms with van der Waals surface area (Å²) in [5.41, 5.74) is 5.33. The fourth-order valence-corrected chi connectivity index (χ4v) is 4.71. The minimum absolute atomic E-state index is 0.0296. The first-order valence-corrected chi connectivity index (χ1v) is 10.6. The molecule has 6 nitrogen and oxygen atoms in total. The number of nitriles is 1. The van der Waals surface area contributed by atoms with Crippen molar-refractivity contribution in [3.05, 3.63) is 72.7 Å². The van der Waals surface area contributed by atoms with Crippen LogP contribution in [0.15, 0.2) is 61.4 Å². The van der Waals surface area contributed by atoms with E-state index in [0.29, 0.717) is 24.6 Å². The van der Waals surface area contributed by atoms with E-state index in [0.717, 1.165) is 40.9 Å². The van der Waals surface area contributed by atoms with E-state index in [4.69, 9.17) is 5.10 Å². The van der Waals surface area contributed by atoms with Crippen molar-refractivity contribution in [2.75, 3.05) is 0 Å². The van der Waals surface area contributed by atoms with Gasteiger partial charge in [-0.05, 0) is 54.7 Å². The summed E-state index contributed by atoms with van der Waals surface area (Å²) in [6, 6.07) is 13.8. The van der Waals surface area contributed by atoms with Gasteiger partial charge < -0.3 is 4.90 Å². The monoisotopic (exact) mass is 409 g/mol. The molecule has 0 spiro atoms. The van der Waals surface area contributed by atoms with Crippen LogP contribution in [0.5, 0.6) is 0 Å². The number of carbonyl (C=O) groups excluding carboxylic acids is 1. The smallest absolute Gasteiger partial charge is 0.246 e. The Morgan fingerprint density at radius 2 is 2.00 bits per heavy atom. The van der Waals surface area contributed by atoms with Gasteiger partial charge in [-0.25, -0.2) is 0 Å². The van der Waals surface area contributed by atoms with Gasteiger partial charge in [-0.1, -0.05) is 25.1 Å². The Morgan fingerprint density at radius 1 is 1.19 bits per heavy atom. The van der Waals surface area contributed by atoms with E-state index in [1.165, 1.54) is 12.5 Å². The molecule has 0 unspecified atom stereocenters. The molecule has 1 aliphatic carbocycles. The number of aromatic nitrogens is 3. The highest BCUT2D eigenvalue weighted by Gasteiger charge is 2.39. The molecule has 0 N–H and O–H groups in total. The quantitative estimate of drug-likeness (QED) is 0.606. The highest BCUT2D eigenvalue weighted by Crippen LogP contribution is 2.41. The first-order chi connectivity index (χ1) is 15.2. The van der Waals surface area contributed by atoms with Gasteiger partial charge >= 0.3 is 0 Å². The zero-order valence-electron chi connectivity index (χ0n) is 17.2. The van der Waals surface area contributed by atoms with Gasteiger partial charge in [-0.2, -0.15) is 10.4 Å². The Morgan fingerprint density at radius 3 is 2.68 bits per heavy atom. The predicted molar refractivity (Wildman–Crippen MR) is 117 cm³/mol. The fraction of sp³-hybridized carbons (Fsp3) is 0.280. The lowest BCUT2D eigenvalue weighted by molar-refractivity contribution is -0.132. The second-order valence-corrected chi connectivity index (χ2v) is 8.21. The van der Waals surface area contributed by atoms with E-state index in [9.17, 15) is 10.1 Å². The van der Waals surface area contributed by atoms with Crippen LogP contribution >= 0.6 is 0 Å². The molecule has 1 atom stereocenters. The summed E-state index contributed by atoms with van der Waals surface area (Å²) in [6.07, 6.45) is 8.47. The van der Waals surface area contributed by atoms with Gasteiger partial charge in [0.05, 0.1) is 36.5 Å². The molecule has 1 saturated carbocycles. The molecule has 154 valence electrons. The molecule has 6 heteroatoms. The van der Waals surface area contributed by atoms with Crippen molar-refractivity contribution in [3.8, 4) is 28.5 Å². The second kappa shape index (κ2) is 7.84. The van der Waals surface area contributed by atoms with Crippen molar-refractivity contribution in [2.45, 2.75) is 38.4 Å². The molecule has 0 radical (unpaired) electrons. The van der Waals surface area contributed by atoms with Gasteiger partial charge in [-0.15, -0.1) is 0 Å². The minimum Gasteiger partial charge on any atom is -0.328 e. The number of fused-ring (bicyclic) bond motifs is 1. The summed E-state index contributed by atoms with van der Waals surface area (Å²) in [4.78, 5) is 18.9. The molecular weight excluding hydrogens is 386 g/mol. The van der Waals surface area contributed by atoms with Gasteiger partial charge in [0.2, 0.25) is 5.91 Å². The summed E-state index contributed by atoms with van der Waals surface area (Å²) < 4.78 is 2.07. The third-order valence-corrected chi connectivity index (χ3v) is 6.52. The van der Waals surface area contributed by atoms with Crippen molar-refractivity contribution in [3.63, 3.8) is 0 Å². The lowest BCUT2D eigenvalue weighted by Gasteiger charge is -2.43. The highest BCUT2D eigenvalue weighted by molar-refractivity contribution is 5.88. The predicted octanol–water partition coefficient (Wildman–Crippen LogP) is 4.18. The Balaban J connectivity index is 1.68. The molecule has 1 amide bonds. The molecule has 1 aromatic carbocycles. The molecule has 3 heterocycles. The number of amides is 1. The SMILES string of the molecule is C=CC(=O)N1Cc2c(-c3ccncc3)c(-c3cccc(C#N)c3)nn2C[C@@H]1C1CCC1. The van der Waals surface area contributed by atoms with E-state index >= 15 is 0 Å². The number of pyridine rings is 1. The van der Waals surface area contributed by atoms with Crippen LogP contribution < -0.4 is 0 Å². The topological polar surface area (TPSA) is 74.8 Å². The normalized spacial score (nSPS) is 18.0. The molecule has 1 fully saturated rings. The molecule has 3 aromatic rings. The van der Waals surface area contributed by atoms with Crippen LogP contribution in [0.4, 0.5) is 0 Å². The van der Waals surface area contributed by atoms with Gasteiger partial charge in [0, 0.05) is 23.5 Å². The van der Waals surface area contributed by atoms with Crippen molar-refractivity contribution in [1.29, 1.82) is 5.26 Å². The number of rotatable bonds is 4. The van der Waals surface area contributed by atoms with Crippen LogP contribution in [-0.2, 0) is 17.9 Å². The van der Waals surface area contributed by atoms with Crippen LogP contribution in [0, 0.1) is 17.2 Å². The van der Waals surface area contributed by atoms with E-state index in [-0.39, 0.29) is 11.9 Å². The lowest BCUT2D eigenvalue weighted by Crippen LogP contribution is -2.51. The van der Waals surface area contributed by atoms with Crippen molar-refractivity contribution in [2.24, 2.45) is 5.92 Å². The van der Waals surface area contributed by atoms with Crippen LogP contribution in [0.2, 0.25) is 0 Å². The summed E-state index contributed by atoms with van der Waals surface area (Å²) in [5, 5.41) is 14.4. The first kappa shape index (κ1) is 19.3. The summed E-state index contributed by atoms with van der Waals surface area (Å²) in [7, 11) is 0. The molecule has 0 bridgehead atoms. The van der Waals surface area contributed by atoms with Crippen LogP contribution in [0.3, 0.4) is 0 Å². The zero-order chi connectivity index (χ0) is 21.4. The Hall–Kier alpha value is -3.72. The van der Waals surface area contributed by atoms with Crippen molar-refractivity contribution >= 4 is 5.91 Å². The molecule has 31 heavy (non-hydrogen) atoms. The average Bonchev–Trinajstić information content (AvgIpc) is 3.16. The number of hydrogen-bond acceptors (Lipinski definition) is 4. The maximum absolute atomic E-state index is 12.8. The lowest BCUT2D eigenvalue weighted by atomic mass is 9.78. The first-order valence-electron chi connectivity index (χ1n) is 10.6. The van der Waals surface area contributed by atoms with Gasteiger partial charge in [0.25, 0.3) is 0 Å². The standard InChI is InChI=1S/C25H23N5O/c1-2-23(31)29-15-22-24(19-9-11-27-12-10-19)25(20-8-3-5-17(13-20)14-26)28-30(22)16-21(29)18-6-4-7-18/h2-3,5,8-13,18,21H,1,4,6-7,15-16H2/t21-/m1/s1. The third-order valence-electron chi connectivity index (χ3n) is 6.52. The maximum Gasteiger partial charge on any atom is 0.246 e. The largest absolute Gasteiger partial charge is 0.328 e.